The summed E-state index contributed by atoms with van der Waals surface area (Å²) in [5.41, 5.74) is 4.24. The van der Waals surface area contributed by atoms with Gasteiger partial charge < -0.3 is 19.3 Å². The molecular formula is C32H25FN4O7S. The lowest BCUT2D eigenvalue weighted by atomic mass is 9.94. The Balaban J connectivity index is 1.55. The first-order chi connectivity index (χ1) is 21.7. The number of aliphatic carboxylic acids is 1. The average molecular weight is 629 g/mol. The molecule has 6 aromatic rings. The van der Waals surface area contributed by atoms with Gasteiger partial charge in [-0.3, -0.25) is 9.59 Å². The Bertz CT molecular complexity index is 2110. The zero-order valence-electron chi connectivity index (χ0n) is 23.7. The molecule has 3 aromatic heterocycles. The van der Waals surface area contributed by atoms with Crippen LogP contribution in [0.1, 0.15) is 22.3 Å². The fourth-order valence-electron chi connectivity index (χ4n) is 5.09. The molecule has 6 rings (SSSR count). The highest BCUT2D eigenvalue weighted by Gasteiger charge is 2.25. The molecule has 0 fully saturated rings. The van der Waals surface area contributed by atoms with E-state index < -0.39 is 35.0 Å². The second kappa shape index (κ2) is 12.3. The first-order valence-electron chi connectivity index (χ1n) is 13.7. The molecule has 3 heterocycles. The van der Waals surface area contributed by atoms with E-state index in [1.807, 2.05) is 12.1 Å². The minimum Gasteiger partial charge on any atom is -0.481 e. The van der Waals surface area contributed by atoms with E-state index >= 15 is 0 Å². The molecule has 13 heteroatoms. The summed E-state index contributed by atoms with van der Waals surface area (Å²) in [6.07, 6.45) is 1.22. The molecule has 0 spiro atoms. The van der Waals surface area contributed by atoms with Crippen molar-refractivity contribution in [2.24, 2.45) is 0 Å². The van der Waals surface area contributed by atoms with Crippen LogP contribution in [0.2, 0.25) is 0 Å². The highest BCUT2D eigenvalue weighted by atomic mass is 32.2. The fraction of sp³-hybridized carbons (Fsp3) is 0.125. The lowest BCUT2D eigenvalue weighted by molar-refractivity contribution is -0.137. The van der Waals surface area contributed by atoms with E-state index in [-0.39, 0.29) is 30.0 Å². The van der Waals surface area contributed by atoms with Crippen LogP contribution in [0.3, 0.4) is 0 Å². The number of hydrogen-bond donors (Lipinski definition) is 3. The van der Waals surface area contributed by atoms with Crippen molar-refractivity contribution < 1.29 is 36.3 Å². The molecule has 11 nitrogen and oxygen atoms in total. The van der Waals surface area contributed by atoms with Gasteiger partial charge in [0, 0.05) is 42.8 Å². The summed E-state index contributed by atoms with van der Waals surface area (Å²) < 4.78 is 51.2. The molecule has 0 aliphatic carbocycles. The molecule has 1 amide bonds. The fourth-order valence-corrected chi connectivity index (χ4v) is 5.62. The van der Waals surface area contributed by atoms with E-state index in [4.69, 9.17) is 8.83 Å². The van der Waals surface area contributed by atoms with Crippen molar-refractivity contribution in [1.82, 2.24) is 19.6 Å². The number of pyridine rings is 1. The number of carboxylic acids is 1. The Morgan fingerprint density at radius 3 is 2.44 bits per heavy atom. The topological polar surface area (TPSA) is 156 Å². The van der Waals surface area contributed by atoms with Crippen LogP contribution in [0.25, 0.3) is 56.1 Å². The van der Waals surface area contributed by atoms with E-state index in [0.29, 0.717) is 50.3 Å². The second-order valence-corrected chi connectivity index (χ2v) is 11.1. The van der Waals surface area contributed by atoms with E-state index in [1.54, 1.807) is 42.6 Å². The number of carboxylic acid groups (broad SMARTS) is 1. The number of thiol groups is 1. The van der Waals surface area contributed by atoms with Crippen LogP contribution in [0.15, 0.2) is 87.8 Å². The lowest BCUT2D eigenvalue weighted by Gasteiger charge is -2.18. The predicted octanol–water partition coefficient (Wildman–Crippen LogP) is 5.27. The van der Waals surface area contributed by atoms with Crippen molar-refractivity contribution in [3.8, 4) is 33.9 Å². The van der Waals surface area contributed by atoms with Crippen molar-refractivity contribution in [2.75, 3.05) is 13.6 Å². The smallest absolute Gasteiger partial charge is 0.304 e. The molecule has 45 heavy (non-hydrogen) atoms. The monoisotopic (exact) mass is 628 g/mol. The number of carbonyl (C=O) groups is 2. The Kier molecular flexibility index (Phi) is 8.11. The molecule has 228 valence electrons. The molecule has 0 bridgehead atoms. The maximum Gasteiger partial charge on any atom is 0.304 e. The van der Waals surface area contributed by atoms with Gasteiger partial charge in [-0.25, -0.2) is 17.8 Å². The summed E-state index contributed by atoms with van der Waals surface area (Å²) >= 11 is 0. The van der Waals surface area contributed by atoms with Crippen molar-refractivity contribution in [3.05, 3.63) is 95.9 Å². The predicted molar refractivity (Wildman–Crippen MR) is 164 cm³/mol. The van der Waals surface area contributed by atoms with Crippen LogP contribution in [0.5, 0.6) is 0 Å². The number of benzene rings is 3. The number of nitrogens with zero attached hydrogens (tertiary/aromatic N) is 3. The SMILES string of the molecule is CNC(=O)c1c(-c2ccc(F)cc2)oc2cc(CN(CCC(=O)O)[SH](=O)=O)c(-c3cccc(-c4nc5ncccc5o4)c3)cc12. The van der Waals surface area contributed by atoms with E-state index in [9.17, 15) is 27.5 Å². The molecule has 0 saturated carbocycles. The maximum absolute atomic E-state index is 13.7. The van der Waals surface area contributed by atoms with Gasteiger partial charge in [0.15, 0.2) is 11.2 Å². The molecule has 2 N–H and O–H groups in total. The van der Waals surface area contributed by atoms with Crippen LogP contribution in [0, 0.1) is 5.82 Å². The normalized spacial score (nSPS) is 11.6. The molecule has 0 aliphatic heterocycles. The average Bonchev–Trinajstić information content (AvgIpc) is 3.64. The molecule has 0 atom stereocenters. The van der Waals surface area contributed by atoms with Gasteiger partial charge in [0.25, 0.3) is 5.91 Å². The van der Waals surface area contributed by atoms with Gasteiger partial charge in [-0.2, -0.15) is 9.29 Å². The largest absolute Gasteiger partial charge is 0.481 e. The van der Waals surface area contributed by atoms with Gasteiger partial charge in [-0.1, -0.05) is 12.1 Å². The molecule has 3 aromatic carbocycles. The number of amides is 1. The summed E-state index contributed by atoms with van der Waals surface area (Å²) in [5.74, 6) is -1.50. The Hall–Kier alpha value is -5.40. The van der Waals surface area contributed by atoms with Crippen LogP contribution < -0.4 is 5.32 Å². The maximum atomic E-state index is 13.7. The van der Waals surface area contributed by atoms with E-state index in [1.165, 1.54) is 31.3 Å². The highest BCUT2D eigenvalue weighted by Crippen LogP contribution is 2.39. The third-order valence-corrected chi connectivity index (χ3v) is 8.03. The molecule has 0 aliphatic rings. The van der Waals surface area contributed by atoms with Gasteiger partial charge in [0.1, 0.15) is 17.2 Å². The molecule has 0 radical (unpaired) electrons. The van der Waals surface area contributed by atoms with Gasteiger partial charge >= 0.3 is 5.97 Å². The number of carbonyl (C=O) groups excluding carboxylic acids is 1. The third-order valence-electron chi connectivity index (χ3n) is 7.23. The lowest BCUT2D eigenvalue weighted by Crippen LogP contribution is -2.24. The molecule has 0 saturated heterocycles. The summed E-state index contributed by atoms with van der Waals surface area (Å²) in [7, 11) is -1.66. The van der Waals surface area contributed by atoms with Crippen molar-refractivity contribution in [3.63, 3.8) is 0 Å². The number of nitrogens with one attached hydrogen (secondary N) is 1. The van der Waals surface area contributed by atoms with Crippen LogP contribution in [-0.2, 0) is 22.2 Å². The summed E-state index contributed by atoms with van der Waals surface area (Å²) in [4.78, 5) is 33.2. The first-order valence-corrected chi connectivity index (χ1v) is 14.9. The van der Waals surface area contributed by atoms with E-state index in [0.717, 1.165) is 4.31 Å². The zero-order chi connectivity index (χ0) is 31.7. The number of rotatable bonds is 10. The van der Waals surface area contributed by atoms with Crippen LogP contribution in [0.4, 0.5) is 4.39 Å². The van der Waals surface area contributed by atoms with Crippen molar-refractivity contribution >= 4 is 45.0 Å². The van der Waals surface area contributed by atoms with Crippen LogP contribution >= 0.6 is 0 Å². The minimum atomic E-state index is -3.14. The number of aromatic nitrogens is 2. The zero-order valence-corrected chi connectivity index (χ0v) is 24.6. The summed E-state index contributed by atoms with van der Waals surface area (Å²) in [6, 6.07) is 19.6. The molecule has 0 unspecified atom stereocenters. The Morgan fingerprint density at radius 1 is 0.956 bits per heavy atom. The number of furan rings is 1. The summed E-state index contributed by atoms with van der Waals surface area (Å²) in [6.45, 7) is -0.417. The summed E-state index contributed by atoms with van der Waals surface area (Å²) in [5, 5.41) is 12.3. The Morgan fingerprint density at radius 2 is 1.73 bits per heavy atom. The Labute approximate surface area is 257 Å². The number of oxazole rings is 1. The van der Waals surface area contributed by atoms with Gasteiger partial charge in [0.2, 0.25) is 16.8 Å². The standard InChI is InChI=1S/C32H25FN4O7S/c1-34-31(40)28-24-16-23(19-4-2-5-20(14-19)32-36-30-25(44-32)6-3-12-35-30)21(17-37(45(41)42)13-11-27(38)39)15-26(24)43-29(28)18-7-9-22(33)10-8-18/h2-10,12,14-16,45H,11,13,17H2,1H3,(H,34,40)(H,38,39). The van der Waals surface area contributed by atoms with Crippen LogP contribution in [-0.4, -0.2) is 53.3 Å². The van der Waals surface area contributed by atoms with E-state index in [2.05, 4.69) is 15.3 Å². The van der Waals surface area contributed by atoms with Gasteiger partial charge in [-0.05, 0) is 77.4 Å². The minimum absolute atomic E-state index is 0.170. The molecular weight excluding hydrogens is 603 g/mol. The van der Waals surface area contributed by atoms with Gasteiger partial charge in [-0.15, -0.1) is 0 Å². The van der Waals surface area contributed by atoms with Crippen molar-refractivity contribution in [2.45, 2.75) is 13.0 Å². The number of halogens is 1. The highest BCUT2D eigenvalue weighted by molar-refractivity contribution is 7.69. The number of fused-ring (bicyclic) bond motifs is 2. The van der Waals surface area contributed by atoms with Crippen molar-refractivity contribution in [1.29, 1.82) is 0 Å². The third kappa shape index (κ3) is 6.03. The quantitative estimate of drug-likeness (QED) is 0.172. The first kappa shape index (κ1) is 29.7. The van der Waals surface area contributed by atoms with Gasteiger partial charge in [0.05, 0.1) is 12.0 Å². The second-order valence-electron chi connectivity index (χ2n) is 10.1. The number of hydrogen-bond acceptors (Lipinski definition) is 8.